The predicted octanol–water partition coefficient (Wildman–Crippen LogP) is 1.89. The van der Waals surface area contributed by atoms with Crippen LogP contribution in [-0.4, -0.2) is 32.8 Å². The van der Waals surface area contributed by atoms with Crippen LogP contribution in [0, 0.1) is 0 Å². The standard InChI is InChI=1S/C14H21N5O/c1-3-4-14(5-7-15-8-6-14)13-17-12(18-20-13)11-9-16-10-19(11)2/h9-10,15H,3-8H2,1-2H3. The van der Waals surface area contributed by atoms with Gasteiger partial charge in [0.1, 0.15) is 5.69 Å². The van der Waals surface area contributed by atoms with E-state index in [0.717, 1.165) is 50.4 Å². The van der Waals surface area contributed by atoms with E-state index < -0.39 is 0 Å². The Kier molecular flexibility index (Phi) is 3.56. The largest absolute Gasteiger partial charge is 0.338 e. The summed E-state index contributed by atoms with van der Waals surface area (Å²) < 4.78 is 7.52. The molecule has 0 amide bonds. The van der Waals surface area contributed by atoms with Gasteiger partial charge in [0.25, 0.3) is 0 Å². The van der Waals surface area contributed by atoms with E-state index >= 15 is 0 Å². The Morgan fingerprint density at radius 2 is 2.20 bits per heavy atom. The Bertz CT molecular complexity index is 562. The number of hydrogen-bond donors (Lipinski definition) is 1. The maximum atomic E-state index is 5.61. The van der Waals surface area contributed by atoms with E-state index in [0.29, 0.717) is 5.82 Å². The van der Waals surface area contributed by atoms with Crippen molar-refractivity contribution in [2.45, 2.75) is 38.0 Å². The molecule has 1 aliphatic heterocycles. The second-order valence-corrected chi connectivity index (χ2v) is 5.59. The predicted molar refractivity (Wildman–Crippen MR) is 75.2 cm³/mol. The van der Waals surface area contributed by atoms with Crippen molar-refractivity contribution in [3.8, 4) is 11.5 Å². The maximum absolute atomic E-state index is 5.61. The number of hydrogen-bond acceptors (Lipinski definition) is 5. The van der Waals surface area contributed by atoms with Crippen LogP contribution < -0.4 is 5.32 Å². The molecule has 6 heteroatoms. The number of nitrogens with one attached hydrogen (secondary N) is 1. The molecule has 2 aromatic rings. The molecule has 2 aromatic heterocycles. The van der Waals surface area contributed by atoms with Crippen LogP contribution in [0.2, 0.25) is 0 Å². The zero-order chi connectivity index (χ0) is 14.0. The van der Waals surface area contributed by atoms with Gasteiger partial charge in [-0.05, 0) is 32.4 Å². The van der Waals surface area contributed by atoms with E-state index in [1.54, 1.807) is 12.5 Å². The van der Waals surface area contributed by atoms with Gasteiger partial charge in [-0.25, -0.2) is 4.98 Å². The first-order chi connectivity index (χ1) is 9.75. The highest BCUT2D eigenvalue weighted by Gasteiger charge is 2.38. The number of aromatic nitrogens is 4. The Balaban J connectivity index is 1.93. The van der Waals surface area contributed by atoms with Gasteiger partial charge in [0, 0.05) is 7.05 Å². The number of piperidine rings is 1. The summed E-state index contributed by atoms with van der Waals surface area (Å²) in [6.45, 7) is 4.25. The number of rotatable bonds is 4. The SMILES string of the molecule is CCCC1(c2nc(-c3cncn3C)no2)CCNCC1. The van der Waals surface area contributed by atoms with Gasteiger partial charge >= 0.3 is 0 Å². The van der Waals surface area contributed by atoms with Crippen LogP contribution in [0.25, 0.3) is 11.5 Å². The fraction of sp³-hybridized carbons (Fsp3) is 0.643. The molecule has 0 spiro atoms. The summed E-state index contributed by atoms with van der Waals surface area (Å²) in [6, 6.07) is 0. The van der Waals surface area contributed by atoms with E-state index in [4.69, 9.17) is 4.52 Å². The van der Waals surface area contributed by atoms with Crippen LogP contribution in [0.5, 0.6) is 0 Å². The van der Waals surface area contributed by atoms with Crippen molar-refractivity contribution in [2.24, 2.45) is 7.05 Å². The van der Waals surface area contributed by atoms with Gasteiger partial charge in [0.05, 0.1) is 17.9 Å². The topological polar surface area (TPSA) is 68.8 Å². The van der Waals surface area contributed by atoms with Crippen LogP contribution in [0.3, 0.4) is 0 Å². The maximum Gasteiger partial charge on any atom is 0.233 e. The lowest BCUT2D eigenvalue weighted by Crippen LogP contribution is -2.40. The number of nitrogens with zero attached hydrogens (tertiary/aromatic N) is 4. The minimum atomic E-state index is 0.0455. The molecule has 108 valence electrons. The van der Waals surface area contributed by atoms with Gasteiger partial charge in [0.15, 0.2) is 0 Å². The second-order valence-electron chi connectivity index (χ2n) is 5.59. The van der Waals surface area contributed by atoms with E-state index in [1.165, 1.54) is 0 Å². The van der Waals surface area contributed by atoms with Crippen LogP contribution in [0.4, 0.5) is 0 Å². The third-order valence-corrected chi connectivity index (χ3v) is 4.21. The lowest BCUT2D eigenvalue weighted by Gasteiger charge is -2.34. The molecule has 0 aromatic carbocycles. The summed E-state index contributed by atoms with van der Waals surface area (Å²) in [6.07, 6.45) is 7.87. The Morgan fingerprint density at radius 3 is 2.85 bits per heavy atom. The van der Waals surface area contributed by atoms with E-state index in [2.05, 4.69) is 27.4 Å². The quantitative estimate of drug-likeness (QED) is 0.922. The molecule has 0 radical (unpaired) electrons. The van der Waals surface area contributed by atoms with Gasteiger partial charge in [-0.2, -0.15) is 4.98 Å². The minimum absolute atomic E-state index is 0.0455. The van der Waals surface area contributed by atoms with Gasteiger partial charge in [-0.15, -0.1) is 0 Å². The third-order valence-electron chi connectivity index (χ3n) is 4.21. The summed E-state index contributed by atoms with van der Waals surface area (Å²) in [7, 11) is 1.94. The molecule has 0 unspecified atom stereocenters. The van der Waals surface area contributed by atoms with Gasteiger partial charge in [0.2, 0.25) is 11.7 Å². The molecule has 0 bridgehead atoms. The van der Waals surface area contributed by atoms with Gasteiger partial charge < -0.3 is 14.4 Å². The molecule has 0 aliphatic carbocycles. The Hall–Kier alpha value is -1.69. The molecule has 6 nitrogen and oxygen atoms in total. The molecule has 1 N–H and O–H groups in total. The summed E-state index contributed by atoms with van der Waals surface area (Å²) in [5, 5.41) is 7.56. The van der Waals surface area contributed by atoms with Gasteiger partial charge in [-0.3, -0.25) is 0 Å². The van der Waals surface area contributed by atoms with E-state index in [-0.39, 0.29) is 5.41 Å². The zero-order valence-electron chi connectivity index (χ0n) is 12.1. The lowest BCUT2D eigenvalue weighted by molar-refractivity contribution is 0.208. The van der Waals surface area contributed by atoms with Gasteiger partial charge in [-0.1, -0.05) is 18.5 Å². The molecule has 20 heavy (non-hydrogen) atoms. The van der Waals surface area contributed by atoms with E-state index in [1.807, 2.05) is 11.6 Å². The van der Waals surface area contributed by atoms with Crippen molar-refractivity contribution in [1.29, 1.82) is 0 Å². The molecular formula is C14H21N5O. The molecular weight excluding hydrogens is 254 g/mol. The van der Waals surface area contributed by atoms with Crippen LogP contribution in [-0.2, 0) is 12.5 Å². The highest BCUT2D eigenvalue weighted by molar-refractivity contribution is 5.47. The van der Waals surface area contributed by atoms with Crippen molar-refractivity contribution in [3.63, 3.8) is 0 Å². The first-order valence-electron chi connectivity index (χ1n) is 7.27. The average Bonchev–Trinajstić information content (AvgIpc) is 3.08. The van der Waals surface area contributed by atoms with Crippen LogP contribution in [0.1, 0.15) is 38.5 Å². The Morgan fingerprint density at radius 1 is 1.40 bits per heavy atom. The highest BCUT2D eigenvalue weighted by atomic mass is 16.5. The van der Waals surface area contributed by atoms with Crippen molar-refractivity contribution < 1.29 is 4.52 Å². The molecule has 1 fully saturated rings. The average molecular weight is 275 g/mol. The van der Waals surface area contributed by atoms with Crippen molar-refractivity contribution in [2.75, 3.05) is 13.1 Å². The van der Waals surface area contributed by atoms with Crippen LogP contribution >= 0.6 is 0 Å². The molecule has 1 saturated heterocycles. The molecule has 3 heterocycles. The number of imidazole rings is 1. The molecule has 3 rings (SSSR count). The Labute approximate surface area is 118 Å². The smallest absolute Gasteiger partial charge is 0.233 e. The summed E-state index contributed by atoms with van der Waals surface area (Å²) in [4.78, 5) is 8.77. The van der Waals surface area contributed by atoms with E-state index in [9.17, 15) is 0 Å². The first-order valence-corrected chi connectivity index (χ1v) is 7.27. The summed E-state index contributed by atoms with van der Waals surface area (Å²) in [5.74, 6) is 1.42. The fourth-order valence-electron chi connectivity index (χ4n) is 3.07. The second kappa shape index (κ2) is 5.36. The van der Waals surface area contributed by atoms with Crippen molar-refractivity contribution >= 4 is 0 Å². The summed E-state index contributed by atoms with van der Waals surface area (Å²) in [5.41, 5.74) is 0.935. The summed E-state index contributed by atoms with van der Waals surface area (Å²) >= 11 is 0. The fourth-order valence-corrected chi connectivity index (χ4v) is 3.07. The van der Waals surface area contributed by atoms with Crippen molar-refractivity contribution in [3.05, 3.63) is 18.4 Å². The van der Waals surface area contributed by atoms with Crippen molar-refractivity contribution in [1.82, 2.24) is 25.0 Å². The zero-order valence-corrected chi connectivity index (χ0v) is 12.1. The highest BCUT2D eigenvalue weighted by Crippen LogP contribution is 2.37. The van der Waals surface area contributed by atoms with Crippen LogP contribution in [0.15, 0.2) is 17.0 Å². The molecule has 1 aliphatic rings. The third kappa shape index (κ3) is 2.24. The molecule has 0 atom stereocenters. The minimum Gasteiger partial charge on any atom is -0.338 e. The monoisotopic (exact) mass is 275 g/mol. The molecule has 0 saturated carbocycles. The normalized spacial score (nSPS) is 18.3. The lowest BCUT2D eigenvalue weighted by atomic mass is 9.75. The first kappa shape index (κ1) is 13.3. The number of aryl methyl sites for hydroxylation is 1.